The summed E-state index contributed by atoms with van der Waals surface area (Å²) in [4.78, 5) is 103. The highest BCUT2D eigenvalue weighted by molar-refractivity contribution is 8.01. The maximum atomic E-state index is 13.8. The summed E-state index contributed by atoms with van der Waals surface area (Å²) in [6.45, 7) is 1.95. The molecule has 1 saturated heterocycles. The minimum atomic E-state index is -1.40. The van der Waals surface area contributed by atoms with Crippen LogP contribution in [0.15, 0.2) is 98.2 Å². The zero-order valence-corrected chi connectivity index (χ0v) is 36.2. The van der Waals surface area contributed by atoms with Crippen molar-refractivity contribution in [1.29, 1.82) is 0 Å². The van der Waals surface area contributed by atoms with Crippen molar-refractivity contribution < 1.29 is 62.4 Å². The third-order valence-electron chi connectivity index (χ3n) is 11.1. The second-order valence-corrected chi connectivity index (χ2v) is 17.8. The Kier molecular flexibility index (Phi) is 10.9. The molecule has 4 aliphatic rings. The molecule has 1 aromatic heterocycles. The molecule has 1 fully saturated rings. The standard InChI is InChI=1S/C45H32ClN3O14S2/c1-19(50)60-25-3-6-30-21(10-25)9-22-11-26(61-20(2)51)4-7-31(22)45(30)32-8-5-27(14-28(32)44(59)63-45)64-17-24-18-65-41-37(40(55)49(41)38(24)42(56)57)48-36(53)16-47-39(54)29-12-23-13-33(46)34(52)15-35(23)62-43(29)58/h3-8,10-15,37,41,52H,9,16-18H2,1-2H3,(H,47,54)(H,48,53)(H,56,57). The van der Waals surface area contributed by atoms with E-state index < -0.39 is 76.3 Å². The number of nitrogens with zero attached hydrogens (tertiary/aromatic N) is 1. The van der Waals surface area contributed by atoms with E-state index in [1.54, 1.807) is 54.6 Å². The van der Waals surface area contributed by atoms with Crippen LogP contribution in [0.2, 0.25) is 5.02 Å². The van der Waals surface area contributed by atoms with Crippen molar-refractivity contribution in [3.05, 3.63) is 138 Å². The fraction of sp³-hybridized carbons (Fsp3) is 0.200. The van der Waals surface area contributed by atoms with Gasteiger partial charge in [-0.1, -0.05) is 29.8 Å². The number of esters is 3. The number of carbonyl (C=O) groups is 7. The molecule has 3 aliphatic heterocycles. The molecule has 4 N–H and O–H groups in total. The van der Waals surface area contributed by atoms with Crippen LogP contribution in [0.25, 0.3) is 11.0 Å². The molecule has 1 spiro atoms. The number of aromatic hydroxyl groups is 1. The lowest BCUT2D eigenvalue weighted by Crippen LogP contribution is -2.71. The first-order valence-corrected chi connectivity index (χ1v) is 22.0. The van der Waals surface area contributed by atoms with Crippen molar-refractivity contribution in [3.8, 4) is 17.2 Å². The predicted octanol–water partition coefficient (Wildman–Crippen LogP) is 4.63. The minimum Gasteiger partial charge on any atom is -0.506 e. The SMILES string of the molecule is CC(=O)Oc1ccc2c(c1)Cc1cc(OC(C)=O)ccc1C21OC(=O)c2cc(SCC3=C(C(=O)O)N4C(=O)C(NC(=O)CNC(=O)c5cc6cc(Cl)c(O)cc6oc5=O)C4SC3)ccc21. The number of halogens is 1. The predicted molar refractivity (Wildman–Crippen MR) is 232 cm³/mol. The summed E-state index contributed by atoms with van der Waals surface area (Å²) in [5.41, 5.74) is 0.892. The van der Waals surface area contributed by atoms with Crippen LogP contribution in [0.3, 0.4) is 0 Å². The molecule has 17 nitrogen and oxygen atoms in total. The van der Waals surface area contributed by atoms with Crippen LogP contribution >= 0.6 is 35.1 Å². The Hall–Kier alpha value is -7.09. The highest BCUT2D eigenvalue weighted by atomic mass is 35.5. The van der Waals surface area contributed by atoms with E-state index in [2.05, 4.69) is 10.6 Å². The van der Waals surface area contributed by atoms with Crippen molar-refractivity contribution in [3.63, 3.8) is 0 Å². The molecule has 3 amide bonds. The number of carboxylic acids is 1. The van der Waals surface area contributed by atoms with Gasteiger partial charge in [0.25, 0.3) is 11.8 Å². The number of β-lactam (4-membered cyclic amide) rings is 1. The number of thioether (sulfide) groups is 2. The second kappa shape index (κ2) is 16.5. The number of ether oxygens (including phenoxy) is 3. The van der Waals surface area contributed by atoms with Gasteiger partial charge in [-0.15, -0.1) is 23.5 Å². The van der Waals surface area contributed by atoms with Gasteiger partial charge in [0.15, 0.2) is 5.60 Å². The first-order chi connectivity index (χ1) is 31.0. The molecule has 0 radical (unpaired) electrons. The van der Waals surface area contributed by atoms with E-state index in [1.165, 1.54) is 49.5 Å². The summed E-state index contributed by atoms with van der Waals surface area (Å²) in [6.07, 6.45) is 0.348. The summed E-state index contributed by atoms with van der Waals surface area (Å²) in [5.74, 6) is -4.74. The first kappa shape index (κ1) is 43.2. The summed E-state index contributed by atoms with van der Waals surface area (Å²) in [7, 11) is 0. The number of carbonyl (C=O) groups excluding carboxylic acids is 6. The summed E-state index contributed by atoms with van der Waals surface area (Å²) in [5, 5.41) is 24.4. The van der Waals surface area contributed by atoms with Gasteiger partial charge in [0.05, 0.1) is 17.1 Å². The number of phenolic OH excluding ortho intramolecular Hbond substituents is 1. The van der Waals surface area contributed by atoms with Gasteiger partial charge in [0.1, 0.15) is 45.5 Å². The smallest absolute Gasteiger partial charge is 0.352 e. The second-order valence-electron chi connectivity index (χ2n) is 15.3. The number of amides is 3. The van der Waals surface area contributed by atoms with E-state index in [0.717, 1.165) is 11.0 Å². The molecule has 330 valence electrons. The number of benzene rings is 4. The largest absolute Gasteiger partial charge is 0.506 e. The molecule has 2 atom stereocenters. The molecule has 4 aromatic carbocycles. The van der Waals surface area contributed by atoms with Crippen LogP contribution in [-0.4, -0.2) is 86.2 Å². The van der Waals surface area contributed by atoms with Crippen LogP contribution in [0, 0.1) is 0 Å². The monoisotopic (exact) mass is 937 g/mol. The molecule has 4 heterocycles. The van der Waals surface area contributed by atoms with Gasteiger partial charge in [0, 0.05) is 58.4 Å². The average molecular weight is 938 g/mol. The van der Waals surface area contributed by atoms with E-state index >= 15 is 0 Å². The lowest BCUT2D eigenvalue weighted by Gasteiger charge is -2.49. The average Bonchev–Trinajstić information content (AvgIpc) is 3.54. The minimum absolute atomic E-state index is 0.0128. The van der Waals surface area contributed by atoms with E-state index in [-0.39, 0.29) is 44.5 Å². The molecular weight excluding hydrogens is 906 g/mol. The molecular formula is C45H32ClN3O14S2. The number of carboxylic acid groups (broad SMARTS) is 1. The van der Waals surface area contributed by atoms with Crippen molar-refractivity contribution in [2.75, 3.05) is 18.1 Å². The van der Waals surface area contributed by atoms with Crippen LogP contribution in [0.1, 0.15) is 62.4 Å². The Balaban J connectivity index is 0.903. The fourth-order valence-corrected chi connectivity index (χ4v) is 11.0. The number of rotatable bonds is 10. The maximum Gasteiger partial charge on any atom is 0.352 e. The molecule has 0 bridgehead atoms. The van der Waals surface area contributed by atoms with Crippen molar-refractivity contribution in [2.45, 2.75) is 42.2 Å². The number of phenols is 1. The third-order valence-corrected chi connectivity index (χ3v) is 13.8. The summed E-state index contributed by atoms with van der Waals surface area (Å²) >= 11 is 8.43. The molecule has 5 aromatic rings. The van der Waals surface area contributed by atoms with Gasteiger partial charge in [0.2, 0.25) is 5.91 Å². The van der Waals surface area contributed by atoms with E-state index in [4.69, 9.17) is 30.2 Å². The lowest BCUT2D eigenvalue weighted by molar-refractivity contribution is -0.150. The van der Waals surface area contributed by atoms with Crippen LogP contribution in [0.5, 0.6) is 17.2 Å². The number of hydrogen-bond acceptors (Lipinski definition) is 15. The Morgan fingerprint density at radius 1 is 0.908 bits per heavy atom. The Bertz CT molecular complexity index is 3030. The van der Waals surface area contributed by atoms with E-state index in [9.17, 15) is 48.6 Å². The molecule has 1 aliphatic carbocycles. The van der Waals surface area contributed by atoms with Crippen LogP contribution in [0.4, 0.5) is 0 Å². The molecule has 0 saturated carbocycles. The lowest BCUT2D eigenvalue weighted by atomic mass is 9.71. The molecule has 20 heteroatoms. The van der Waals surface area contributed by atoms with Gasteiger partial charge in [-0.3, -0.25) is 28.9 Å². The fourth-order valence-electron chi connectivity index (χ4n) is 8.40. The Morgan fingerprint density at radius 3 is 2.22 bits per heavy atom. The van der Waals surface area contributed by atoms with Gasteiger partial charge >= 0.3 is 29.5 Å². The summed E-state index contributed by atoms with van der Waals surface area (Å²) in [6, 6.07) is 17.9. The molecule has 9 rings (SSSR count). The molecule has 65 heavy (non-hydrogen) atoms. The number of aliphatic carboxylic acids is 1. The van der Waals surface area contributed by atoms with Crippen molar-refractivity contribution in [2.24, 2.45) is 0 Å². The molecule has 2 unspecified atom stereocenters. The van der Waals surface area contributed by atoms with Gasteiger partial charge < -0.3 is 39.5 Å². The van der Waals surface area contributed by atoms with Crippen molar-refractivity contribution in [1.82, 2.24) is 15.5 Å². The van der Waals surface area contributed by atoms with E-state index in [0.29, 0.717) is 56.2 Å². The Morgan fingerprint density at radius 2 is 1.57 bits per heavy atom. The van der Waals surface area contributed by atoms with Gasteiger partial charge in [-0.2, -0.15) is 0 Å². The van der Waals surface area contributed by atoms with Gasteiger partial charge in [-0.25, -0.2) is 14.4 Å². The quantitative estimate of drug-likeness (QED) is 0.0490. The third kappa shape index (κ3) is 7.64. The highest BCUT2D eigenvalue weighted by Gasteiger charge is 2.55. The number of hydrogen-bond donors (Lipinski definition) is 4. The van der Waals surface area contributed by atoms with Crippen molar-refractivity contribution >= 4 is 87.7 Å². The number of fused-ring (bicyclic) bond motifs is 8. The number of nitrogens with one attached hydrogen (secondary N) is 2. The zero-order chi connectivity index (χ0) is 46.1. The topological polar surface area (TPSA) is 245 Å². The zero-order valence-electron chi connectivity index (χ0n) is 33.8. The maximum absolute atomic E-state index is 13.8. The van der Waals surface area contributed by atoms with Crippen LogP contribution in [-0.2, 0) is 40.7 Å². The summed E-state index contributed by atoms with van der Waals surface area (Å²) < 4.78 is 22.2. The van der Waals surface area contributed by atoms with Gasteiger partial charge in [-0.05, 0) is 71.7 Å². The normalized spacial score (nSPS) is 17.6. The highest BCUT2D eigenvalue weighted by Crippen LogP contribution is 2.53. The van der Waals surface area contributed by atoms with Crippen LogP contribution < -0.4 is 25.7 Å². The Labute approximate surface area is 380 Å². The van der Waals surface area contributed by atoms with E-state index in [1.807, 2.05) is 0 Å². The first-order valence-electron chi connectivity index (χ1n) is 19.6.